The molecule has 3 aromatic rings. The molecule has 216 valence electrons. The highest BCUT2D eigenvalue weighted by molar-refractivity contribution is 6.35. The van der Waals surface area contributed by atoms with Crippen LogP contribution in [0.3, 0.4) is 0 Å². The predicted octanol–water partition coefficient (Wildman–Crippen LogP) is 5.60. The number of carbonyl (C=O) groups is 2. The van der Waals surface area contributed by atoms with Crippen LogP contribution in [0.2, 0.25) is 5.02 Å². The highest BCUT2D eigenvalue weighted by atomic mass is 35.5. The molecule has 0 radical (unpaired) electrons. The third kappa shape index (κ3) is 7.64. The number of halogens is 1. The number of nitrogens with zero attached hydrogens (tertiary/aromatic N) is 2. The first kappa shape index (κ1) is 29.6. The predicted molar refractivity (Wildman–Crippen MR) is 155 cm³/mol. The van der Waals surface area contributed by atoms with Crippen LogP contribution in [0.4, 0.5) is 4.79 Å². The van der Waals surface area contributed by atoms with Gasteiger partial charge in [-0.2, -0.15) is 0 Å². The van der Waals surface area contributed by atoms with Crippen LogP contribution in [-0.4, -0.2) is 68.8 Å². The van der Waals surface area contributed by atoms with Crippen molar-refractivity contribution in [3.05, 3.63) is 95.0 Å². The van der Waals surface area contributed by atoms with Crippen molar-refractivity contribution in [2.45, 2.75) is 13.2 Å². The zero-order valence-corrected chi connectivity index (χ0v) is 23.9. The lowest BCUT2D eigenvalue weighted by Gasteiger charge is -2.34. The maximum atomic E-state index is 13.5. The minimum absolute atomic E-state index is 0.139. The lowest BCUT2D eigenvalue weighted by atomic mass is 10.1. The molecule has 1 fully saturated rings. The summed E-state index contributed by atoms with van der Waals surface area (Å²) in [6, 6.07) is 18.3. The van der Waals surface area contributed by atoms with Crippen LogP contribution in [0.1, 0.15) is 21.5 Å². The van der Waals surface area contributed by atoms with Crippen LogP contribution >= 0.6 is 11.6 Å². The molecule has 2 amide bonds. The van der Waals surface area contributed by atoms with Crippen molar-refractivity contribution in [2.24, 2.45) is 0 Å². The van der Waals surface area contributed by atoms with Crippen molar-refractivity contribution in [2.75, 3.05) is 47.0 Å². The summed E-state index contributed by atoms with van der Waals surface area (Å²) < 4.78 is 27.8. The molecular weight excluding hydrogens is 548 g/mol. The maximum absolute atomic E-state index is 13.5. The molecule has 0 unspecified atom stereocenters. The van der Waals surface area contributed by atoms with Gasteiger partial charge in [0, 0.05) is 26.2 Å². The van der Waals surface area contributed by atoms with Gasteiger partial charge in [-0.3, -0.25) is 4.79 Å². The minimum Gasteiger partial charge on any atom is -0.497 e. The quantitative estimate of drug-likeness (QED) is 0.273. The van der Waals surface area contributed by atoms with Crippen LogP contribution in [0, 0.1) is 0 Å². The second-order valence-corrected chi connectivity index (χ2v) is 9.55. The largest absolute Gasteiger partial charge is 0.497 e. The molecule has 1 heterocycles. The smallest absolute Gasteiger partial charge is 0.410 e. The van der Waals surface area contributed by atoms with Crippen molar-refractivity contribution in [1.82, 2.24) is 9.80 Å². The second-order valence-electron chi connectivity index (χ2n) is 9.17. The fourth-order valence-electron chi connectivity index (χ4n) is 4.20. The zero-order chi connectivity index (χ0) is 29.2. The average molecular weight is 581 g/mol. The molecule has 10 heteroatoms. The Morgan fingerprint density at radius 2 is 1.34 bits per heavy atom. The van der Waals surface area contributed by atoms with Crippen molar-refractivity contribution in [1.29, 1.82) is 0 Å². The third-order valence-electron chi connectivity index (χ3n) is 6.54. The fourth-order valence-corrected chi connectivity index (χ4v) is 4.49. The highest BCUT2D eigenvalue weighted by Gasteiger charge is 2.28. The van der Waals surface area contributed by atoms with Gasteiger partial charge in [0.2, 0.25) is 0 Å². The molecule has 0 spiro atoms. The Morgan fingerprint density at radius 1 is 0.805 bits per heavy atom. The van der Waals surface area contributed by atoms with Gasteiger partial charge in [0.05, 0.1) is 24.8 Å². The summed E-state index contributed by atoms with van der Waals surface area (Å²) in [5.41, 5.74) is 2.10. The van der Waals surface area contributed by atoms with E-state index in [4.69, 9.17) is 35.3 Å². The topological polar surface area (TPSA) is 86.8 Å². The number of hydrogen-bond donors (Lipinski definition) is 0. The first-order chi connectivity index (χ1) is 19.9. The first-order valence-electron chi connectivity index (χ1n) is 13.1. The number of piperazine rings is 1. The molecule has 41 heavy (non-hydrogen) atoms. The van der Waals surface area contributed by atoms with Crippen molar-refractivity contribution in [3.63, 3.8) is 0 Å². The summed E-state index contributed by atoms with van der Waals surface area (Å²) in [5.74, 6) is 1.90. The van der Waals surface area contributed by atoms with Crippen LogP contribution in [0.15, 0.2) is 73.3 Å². The Kier molecular flexibility index (Phi) is 10.3. The van der Waals surface area contributed by atoms with Gasteiger partial charge in [-0.25, -0.2) is 4.79 Å². The average Bonchev–Trinajstić information content (AvgIpc) is 3.02. The van der Waals surface area contributed by atoms with Gasteiger partial charge in [0.1, 0.15) is 31.3 Å². The van der Waals surface area contributed by atoms with Crippen molar-refractivity contribution < 1.29 is 33.3 Å². The molecular formula is C31H33ClN2O7. The molecule has 1 aliphatic heterocycles. The molecule has 0 bridgehead atoms. The van der Waals surface area contributed by atoms with Gasteiger partial charge in [0.15, 0.2) is 11.5 Å². The van der Waals surface area contributed by atoms with Gasteiger partial charge < -0.3 is 33.5 Å². The van der Waals surface area contributed by atoms with E-state index in [1.54, 1.807) is 36.2 Å². The Hall–Kier alpha value is -4.37. The number of benzene rings is 3. The fraction of sp³-hybridized carbons (Fsp3) is 0.290. The van der Waals surface area contributed by atoms with E-state index < -0.39 is 6.09 Å². The Balaban J connectivity index is 1.51. The number of carbonyl (C=O) groups excluding carboxylic acids is 2. The summed E-state index contributed by atoms with van der Waals surface area (Å²) >= 11 is 6.82. The van der Waals surface area contributed by atoms with Crippen LogP contribution in [0.5, 0.6) is 23.0 Å². The summed E-state index contributed by atoms with van der Waals surface area (Å²) in [6.07, 6.45) is 1.08. The summed E-state index contributed by atoms with van der Waals surface area (Å²) in [4.78, 5) is 28.9. The molecule has 1 aliphatic rings. The number of hydrogen-bond acceptors (Lipinski definition) is 7. The summed E-state index contributed by atoms with van der Waals surface area (Å²) in [7, 11) is 3.22. The Morgan fingerprint density at radius 3 is 1.88 bits per heavy atom. The van der Waals surface area contributed by atoms with E-state index >= 15 is 0 Å². The van der Waals surface area contributed by atoms with E-state index in [2.05, 4.69) is 6.58 Å². The highest BCUT2D eigenvalue weighted by Crippen LogP contribution is 2.39. The lowest BCUT2D eigenvalue weighted by molar-refractivity contribution is 0.0580. The normalized spacial score (nSPS) is 12.9. The number of ether oxygens (including phenoxy) is 5. The van der Waals surface area contributed by atoms with E-state index in [-0.39, 0.29) is 42.1 Å². The molecule has 3 aromatic carbocycles. The molecule has 9 nitrogen and oxygen atoms in total. The lowest BCUT2D eigenvalue weighted by Crippen LogP contribution is -2.50. The third-order valence-corrected chi connectivity index (χ3v) is 6.91. The zero-order valence-electron chi connectivity index (χ0n) is 23.1. The van der Waals surface area contributed by atoms with Crippen molar-refractivity contribution in [3.8, 4) is 23.0 Å². The molecule has 0 aliphatic carbocycles. The first-order valence-corrected chi connectivity index (χ1v) is 13.5. The number of rotatable bonds is 11. The van der Waals surface area contributed by atoms with Crippen LogP contribution < -0.4 is 18.9 Å². The van der Waals surface area contributed by atoms with E-state index in [1.807, 2.05) is 48.5 Å². The standard InChI is InChI=1S/C31H33ClN2O7/c1-4-19-39-31(36)34-17-15-33(16-18-34)30(35)26-13-14-27(40-20-22-5-9-24(37-2)10-6-22)29(28(26)32)41-21-23-7-11-25(38-3)12-8-23/h4-14H,1,15-21H2,2-3H3. The van der Waals surface area contributed by atoms with Gasteiger partial charge >= 0.3 is 6.09 Å². The van der Waals surface area contributed by atoms with Crippen molar-refractivity contribution >= 4 is 23.6 Å². The van der Waals surface area contributed by atoms with Gasteiger partial charge in [0.25, 0.3) is 5.91 Å². The number of amides is 2. The Bertz CT molecular complexity index is 1340. The molecule has 4 rings (SSSR count). The van der Waals surface area contributed by atoms with Gasteiger partial charge in [-0.15, -0.1) is 0 Å². The van der Waals surface area contributed by atoms with E-state index in [0.717, 1.165) is 22.6 Å². The van der Waals surface area contributed by atoms with Gasteiger partial charge in [-0.05, 0) is 47.5 Å². The van der Waals surface area contributed by atoms with Gasteiger partial charge in [-0.1, -0.05) is 48.5 Å². The Labute approximate surface area is 244 Å². The van der Waals surface area contributed by atoms with Crippen LogP contribution in [0.25, 0.3) is 0 Å². The minimum atomic E-state index is -0.428. The summed E-state index contributed by atoms with van der Waals surface area (Å²) in [6.45, 7) is 5.54. The second kappa shape index (κ2) is 14.3. The molecule has 0 atom stereocenters. The van der Waals surface area contributed by atoms with Crippen LogP contribution in [-0.2, 0) is 18.0 Å². The van der Waals surface area contributed by atoms with E-state index in [9.17, 15) is 9.59 Å². The SMILES string of the molecule is C=CCOC(=O)N1CCN(C(=O)c2ccc(OCc3ccc(OC)cc3)c(OCc3ccc(OC)cc3)c2Cl)CC1. The summed E-state index contributed by atoms with van der Waals surface area (Å²) in [5, 5.41) is 0.156. The van der Waals surface area contributed by atoms with E-state index in [0.29, 0.717) is 31.9 Å². The molecule has 1 saturated heterocycles. The number of methoxy groups -OCH3 is 2. The molecule has 0 N–H and O–H groups in total. The maximum Gasteiger partial charge on any atom is 0.410 e. The monoisotopic (exact) mass is 580 g/mol. The molecule has 0 saturated carbocycles. The van der Waals surface area contributed by atoms with E-state index in [1.165, 1.54) is 6.08 Å². The molecule has 0 aromatic heterocycles.